The fourth-order valence-electron chi connectivity index (χ4n) is 2.21. The van der Waals surface area contributed by atoms with Crippen LogP contribution in [-0.2, 0) is 4.79 Å². The largest absolute Gasteiger partial charge is 0.478 e. The van der Waals surface area contributed by atoms with Gasteiger partial charge in [-0.1, -0.05) is 0 Å². The third-order valence-electron chi connectivity index (χ3n) is 3.25. The van der Waals surface area contributed by atoms with Crippen LogP contribution in [0.15, 0.2) is 6.07 Å². The van der Waals surface area contributed by atoms with Crippen LogP contribution in [0.25, 0.3) is 11.1 Å². The highest BCUT2D eigenvalue weighted by molar-refractivity contribution is 5.96. The molecule has 0 aromatic heterocycles. The highest BCUT2D eigenvalue weighted by atomic mass is 19.2. The maximum atomic E-state index is 14.4. The zero-order valence-electron chi connectivity index (χ0n) is 11.2. The van der Waals surface area contributed by atoms with E-state index in [1.165, 1.54) is 0 Å². The Bertz CT molecular complexity index is 872. The molecule has 10 heteroatoms. The summed E-state index contributed by atoms with van der Waals surface area (Å²) in [5.41, 5.74) is -4.54. The predicted octanol–water partition coefficient (Wildman–Crippen LogP) is 3.66. The van der Waals surface area contributed by atoms with Crippen molar-refractivity contribution in [2.45, 2.75) is 0 Å². The Labute approximate surface area is 128 Å². The summed E-state index contributed by atoms with van der Waals surface area (Å²) < 4.78 is 101. The fourth-order valence-corrected chi connectivity index (χ4v) is 2.21. The number of carbonyl (C=O) groups excluding carboxylic acids is 1. The van der Waals surface area contributed by atoms with Crippen molar-refractivity contribution >= 4 is 11.6 Å². The monoisotopic (exact) mass is 351 g/mol. The predicted molar refractivity (Wildman–Crippen MR) is 65.7 cm³/mol. The molecule has 0 saturated heterocycles. The van der Waals surface area contributed by atoms with E-state index in [9.17, 15) is 35.5 Å². The van der Waals surface area contributed by atoms with Crippen LogP contribution >= 0.6 is 0 Å². The van der Waals surface area contributed by atoms with Crippen molar-refractivity contribution in [3.8, 4) is 16.9 Å². The van der Waals surface area contributed by atoms with E-state index in [0.29, 0.717) is 0 Å². The second kappa shape index (κ2) is 5.39. The van der Waals surface area contributed by atoms with E-state index in [1.54, 1.807) is 5.32 Å². The molecule has 0 atom stereocenters. The zero-order chi connectivity index (χ0) is 17.8. The molecule has 1 aliphatic rings. The van der Waals surface area contributed by atoms with Gasteiger partial charge in [-0.3, -0.25) is 4.79 Å². The number of halogens is 7. The molecule has 0 spiro atoms. The molecule has 126 valence electrons. The van der Waals surface area contributed by atoms with Crippen LogP contribution in [-0.4, -0.2) is 12.5 Å². The first-order valence-corrected chi connectivity index (χ1v) is 6.20. The lowest BCUT2D eigenvalue weighted by Gasteiger charge is -2.21. The van der Waals surface area contributed by atoms with Gasteiger partial charge in [-0.25, -0.2) is 26.3 Å². The third kappa shape index (κ3) is 2.17. The molecule has 0 fully saturated rings. The maximum absolute atomic E-state index is 14.4. The Kier molecular flexibility index (Phi) is 3.61. The Morgan fingerprint density at radius 2 is 1.33 bits per heavy atom. The molecule has 3 rings (SSSR count). The minimum absolute atomic E-state index is 0.177. The molecule has 1 amide bonds. The Balaban J connectivity index is 2.41. The molecule has 0 bridgehead atoms. The van der Waals surface area contributed by atoms with Gasteiger partial charge in [-0.2, -0.15) is 4.39 Å². The van der Waals surface area contributed by atoms with Crippen LogP contribution in [0, 0.1) is 40.7 Å². The fraction of sp³-hybridized carbons (Fsp3) is 0.0714. The first kappa shape index (κ1) is 16.1. The summed E-state index contributed by atoms with van der Waals surface area (Å²) in [5.74, 6) is -16.0. The van der Waals surface area contributed by atoms with Crippen molar-refractivity contribution in [2.75, 3.05) is 11.9 Å². The van der Waals surface area contributed by atoms with Crippen LogP contribution in [0.4, 0.5) is 36.4 Å². The smallest absolute Gasteiger partial charge is 0.262 e. The number of nitrogens with one attached hydrogen (secondary N) is 1. The lowest BCUT2D eigenvalue weighted by Crippen LogP contribution is -2.27. The maximum Gasteiger partial charge on any atom is 0.262 e. The number of fused-ring (bicyclic) bond motifs is 1. The first-order valence-electron chi connectivity index (χ1n) is 6.20. The number of rotatable bonds is 1. The molecule has 2 aromatic rings. The number of benzene rings is 2. The van der Waals surface area contributed by atoms with E-state index in [2.05, 4.69) is 4.74 Å². The molecule has 0 aliphatic carbocycles. The van der Waals surface area contributed by atoms with Crippen molar-refractivity contribution in [2.24, 2.45) is 0 Å². The van der Waals surface area contributed by atoms with Gasteiger partial charge in [0.2, 0.25) is 5.82 Å². The standard InChI is InChI=1S/C14H4F7NO2/c15-3-1-4(16)9(18)6(8(3)17)7-10(19)12(21)14-13(11(7)20)22-5(23)2-24-14/h1H,2H2,(H,22,23). The Hall–Kier alpha value is -2.78. The summed E-state index contributed by atoms with van der Waals surface area (Å²) in [7, 11) is 0. The summed E-state index contributed by atoms with van der Waals surface area (Å²) in [6.45, 7) is -0.751. The Morgan fingerprint density at radius 1 is 0.792 bits per heavy atom. The van der Waals surface area contributed by atoms with Gasteiger partial charge < -0.3 is 10.1 Å². The molecule has 2 aromatic carbocycles. The number of carbonyl (C=O) groups is 1. The van der Waals surface area contributed by atoms with Crippen molar-refractivity contribution in [3.05, 3.63) is 46.8 Å². The van der Waals surface area contributed by atoms with Gasteiger partial charge in [-0.05, 0) is 0 Å². The van der Waals surface area contributed by atoms with Gasteiger partial charge in [0.1, 0.15) is 5.69 Å². The highest BCUT2D eigenvalue weighted by Crippen LogP contribution is 2.43. The van der Waals surface area contributed by atoms with Gasteiger partial charge in [0, 0.05) is 6.07 Å². The van der Waals surface area contributed by atoms with E-state index >= 15 is 0 Å². The number of amides is 1. The summed E-state index contributed by atoms with van der Waals surface area (Å²) in [6, 6.07) is -0.177. The van der Waals surface area contributed by atoms with Gasteiger partial charge in [0.05, 0.1) is 11.1 Å². The minimum Gasteiger partial charge on any atom is -0.478 e. The highest BCUT2D eigenvalue weighted by Gasteiger charge is 2.34. The van der Waals surface area contributed by atoms with Crippen LogP contribution in [0.5, 0.6) is 5.75 Å². The normalized spacial score (nSPS) is 13.4. The molecule has 1 heterocycles. The van der Waals surface area contributed by atoms with Gasteiger partial charge in [0.15, 0.2) is 47.3 Å². The molecule has 1 aliphatic heterocycles. The summed E-state index contributed by atoms with van der Waals surface area (Å²) in [5, 5.41) is 1.80. The molecule has 0 unspecified atom stereocenters. The molecule has 1 N–H and O–H groups in total. The van der Waals surface area contributed by atoms with Crippen LogP contribution in [0.1, 0.15) is 0 Å². The second-order valence-electron chi connectivity index (χ2n) is 4.70. The van der Waals surface area contributed by atoms with Gasteiger partial charge >= 0.3 is 0 Å². The Morgan fingerprint density at radius 3 is 1.92 bits per heavy atom. The minimum atomic E-state index is -2.13. The van der Waals surface area contributed by atoms with Crippen LogP contribution in [0.2, 0.25) is 0 Å². The molecular formula is C14H4F7NO2. The van der Waals surface area contributed by atoms with Crippen molar-refractivity contribution < 1.29 is 40.3 Å². The molecule has 0 radical (unpaired) electrons. The average molecular weight is 351 g/mol. The van der Waals surface area contributed by atoms with Gasteiger partial charge in [-0.15, -0.1) is 0 Å². The van der Waals surface area contributed by atoms with E-state index < -0.39 is 75.8 Å². The second-order valence-corrected chi connectivity index (χ2v) is 4.70. The van der Waals surface area contributed by atoms with Crippen molar-refractivity contribution in [3.63, 3.8) is 0 Å². The first-order chi connectivity index (χ1) is 11.2. The molecular weight excluding hydrogens is 347 g/mol. The van der Waals surface area contributed by atoms with Crippen molar-refractivity contribution in [1.29, 1.82) is 0 Å². The zero-order valence-corrected chi connectivity index (χ0v) is 11.2. The van der Waals surface area contributed by atoms with Crippen molar-refractivity contribution in [1.82, 2.24) is 0 Å². The molecule has 24 heavy (non-hydrogen) atoms. The van der Waals surface area contributed by atoms with Crippen LogP contribution in [0.3, 0.4) is 0 Å². The van der Waals surface area contributed by atoms with Crippen LogP contribution < -0.4 is 10.1 Å². The summed E-state index contributed by atoms with van der Waals surface area (Å²) >= 11 is 0. The number of anilines is 1. The number of hydrogen-bond donors (Lipinski definition) is 1. The molecule has 3 nitrogen and oxygen atoms in total. The number of ether oxygens (including phenoxy) is 1. The number of hydrogen-bond acceptors (Lipinski definition) is 2. The molecule has 0 saturated carbocycles. The third-order valence-corrected chi connectivity index (χ3v) is 3.25. The average Bonchev–Trinajstić information content (AvgIpc) is 2.54. The van der Waals surface area contributed by atoms with E-state index in [0.717, 1.165) is 0 Å². The topological polar surface area (TPSA) is 38.3 Å². The lowest BCUT2D eigenvalue weighted by molar-refractivity contribution is -0.118. The lowest BCUT2D eigenvalue weighted by atomic mass is 10.00. The quantitative estimate of drug-likeness (QED) is 0.629. The van der Waals surface area contributed by atoms with E-state index in [4.69, 9.17) is 0 Å². The summed E-state index contributed by atoms with van der Waals surface area (Å²) in [4.78, 5) is 11.2. The van der Waals surface area contributed by atoms with E-state index in [-0.39, 0.29) is 6.07 Å². The summed E-state index contributed by atoms with van der Waals surface area (Å²) in [6.07, 6.45) is 0. The van der Waals surface area contributed by atoms with Gasteiger partial charge in [0.25, 0.3) is 5.91 Å². The van der Waals surface area contributed by atoms with E-state index in [1.807, 2.05) is 0 Å². The SMILES string of the molecule is O=C1COc2c(F)c(F)c(-c3c(F)c(F)cc(F)c3F)c(F)c2N1.